The number of carbonyl (C=O) groups is 1. The van der Waals surface area contributed by atoms with Crippen LogP contribution < -0.4 is 10.6 Å². The van der Waals surface area contributed by atoms with Crippen molar-refractivity contribution in [3.05, 3.63) is 0 Å². The highest BCUT2D eigenvalue weighted by atomic mass is 16.1. The van der Waals surface area contributed by atoms with Crippen LogP contribution in [0.3, 0.4) is 0 Å². The number of nitrogens with one attached hydrogen (secondary N) is 2. The molecular formula is C14H26N2O. The van der Waals surface area contributed by atoms with E-state index >= 15 is 0 Å². The van der Waals surface area contributed by atoms with Crippen molar-refractivity contribution in [2.75, 3.05) is 13.1 Å². The first-order valence-corrected chi connectivity index (χ1v) is 7.24. The van der Waals surface area contributed by atoms with Gasteiger partial charge in [0, 0.05) is 19.0 Å². The van der Waals surface area contributed by atoms with Gasteiger partial charge in [-0.05, 0) is 51.0 Å². The van der Waals surface area contributed by atoms with Gasteiger partial charge in [0.25, 0.3) is 0 Å². The van der Waals surface area contributed by atoms with Crippen molar-refractivity contribution in [3.8, 4) is 0 Å². The SMILES string of the molecule is CC1CCC(CNC(=O)CC2CCCC2)CN1. The minimum Gasteiger partial charge on any atom is -0.356 e. The summed E-state index contributed by atoms with van der Waals surface area (Å²) >= 11 is 0. The summed E-state index contributed by atoms with van der Waals surface area (Å²) < 4.78 is 0. The maximum absolute atomic E-state index is 11.8. The van der Waals surface area contributed by atoms with Gasteiger partial charge in [-0.25, -0.2) is 0 Å². The number of hydrogen-bond donors (Lipinski definition) is 2. The van der Waals surface area contributed by atoms with Crippen LogP contribution in [0.5, 0.6) is 0 Å². The smallest absolute Gasteiger partial charge is 0.220 e. The van der Waals surface area contributed by atoms with E-state index in [-0.39, 0.29) is 5.91 Å². The Hall–Kier alpha value is -0.570. The van der Waals surface area contributed by atoms with Crippen molar-refractivity contribution in [1.29, 1.82) is 0 Å². The van der Waals surface area contributed by atoms with Gasteiger partial charge in [0.1, 0.15) is 0 Å². The molecule has 2 N–H and O–H groups in total. The molecule has 2 atom stereocenters. The third-order valence-electron chi connectivity index (χ3n) is 4.30. The van der Waals surface area contributed by atoms with Gasteiger partial charge in [0.2, 0.25) is 5.91 Å². The topological polar surface area (TPSA) is 41.1 Å². The maximum Gasteiger partial charge on any atom is 0.220 e. The van der Waals surface area contributed by atoms with E-state index in [0.29, 0.717) is 17.9 Å². The molecule has 2 fully saturated rings. The highest BCUT2D eigenvalue weighted by Gasteiger charge is 2.20. The molecule has 2 rings (SSSR count). The quantitative estimate of drug-likeness (QED) is 0.787. The second-order valence-electron chi connectivity index (χ2n) is 5.91. The van der Waals surface area contributed by atoms with Gasteiger partial charge in [-0.2, -0.15) is 0 Å². The van der Waals surface area contributed by atoms with Crippen LogP contribution in [-0.4, -0.2) is 25.0 Å². The molecule has 0 bridgehead atoms. The second kappa shape index (κ2) is 6.39. The molecule has 2 aliphatic rings. The third-order valence-corrected chi connectivity index (χ3v) is 4.30. The van der Waals surface area contributed by atoms with E-state index in [1.807, 2.05) is 0 Å². The van der Waals surface area contributed by atoms with Crippen molar-refractivity contribution >= 4 is 5.91 Å². The highest BCUT2D eigenvalue weighted by Crippen LogP contribution is 2.27. The molecule has 0 spiro atoms. The summed E-state index contributed by atoms with van der Waals surface area (Å²) in [6, 6.07) is 0.653. The molecule has 1 saturated heterocycles. The first-order valence-electron chi connectivity index (χ1n) is 7.24. The second-order valence-corrected chi connectivity index (χ2v) is 5.91. The Kier molecular flexibility index (Phi) is 4.84. The van der Waals surface area contributed by atoms with E-state index in [4.69, 9.17) is 0 Å². The fourth-order valence-corrected chi connectivity index (χ4v) is 3.04. The zero-order valence-electron chi connectivity index (χ0n) is 11.0. The molecule has 0 radical (unpaired) electrons. The Morgan fingerprint density at radius 1 is 1.18 bits per heavy atom. The van der Waals surface area contributed by atoms with Gasteiger partial charge in [0.05, 0.1) is 0 Å². The maximum atomic E-state index is 11.8. The normalized spacial score (nSPS) is 30.4. The molecule has 0 aromatic heterocycles. The number of piperidine rings is 1. The van der Waals surface area contributed by atoms with Crippen molar-refractivity contribution in [3.63, 3.8) is 0 Å². The number of rotatable bonds is 4. The molecule has 17 heavy (non-hydrogen) atoms. The summed E-state index contributed by atoms with van der Waals surface area (Å²) in [5.41, 5.74) is 0. The fourth-order valence-electron chi connectivity index (χ4n) is 3.04. The zero-order chi connectivity index (χ0) is 12.1. The van der Waals surface area contributed by atoms with E-state index < -0.39 is 0 Å². The van der Waals surface area contributed by atoms with Crippen LogP contribution in [0.25, 0.3) is 0 Å². The monoisotopic (exact) mass is 238 g/mol. The van der Waals surface area contributed by atoms with Gasteiger partial charge in [-0.1, -0.05) is 12.8 Å². The molecule has 3 nitrogen and oxygen atoms in total. The molecule has 1 heterocycles. The lowest BCUT2D eigenvalue weighted by molar-refractivity contribution is -0.122. The lowest BCUT2D eigenvalue weighted by Crippen LogP contribution is -2.42. The summed E-state index contributed by atoms with van der Waals surface area (Å²) in [6.45, 7) is 4.16. The summed E-state index contributed by atoms with van der Waals surface area (Å²) in [5.74, 6) is 1.58. The summed E-state index contributed by atoms with van der Waals surface area (Å²) in [5, 5.41) is 6.59. The number of amides is 1. The lowest BCUT2D eigenvalue weighted by atomic mass is 9.95. The van der Waals surface area contributed by atoms with E-state index in [0.717, 1.165) is 19.5 Å². The zero-order valence-corrected chi connectivity index (χ0v) is 11.0. The van der Waals surface area contributed by atoms with Gasteiger partial charge in [0.15, 0.2) is 0 Å². The Labute approximate surface area is 105 Å². The molecule has 1 amide bonds. The Bertz CT molecular complexity index is 241. The number of carbonyl (C=O) groups excluding carboxylic acids is 1. The van der Waals surface area contributed by atoms with E-state index in [9.17, 15) is 4.79 Å². The van der Waals surface area contributed by atoms with Crippen LogP contribution in [0.15, 0.2) is 0 Å². The van der Waals surface area contributed by atoms with Crippen molar-refractivity contribution in [2.24, 2.45) is 11.8 Å². The summed E-state index contributed by atoms with van der Waals surface area (Å²) in [4.78, 5) is 11.8. The van der Waals surface area contributed by atoms with Gasteiger partial charge in [-0.3, -0.25) is 4.79 Å². The van der Waals surface area contributed by atoms with Gasteiger partial charge in [-0.15, -0.1) is 0 Å². The number of hydrogen-bond acceptors (Lipinski definition) is 2. The van der Waals surface area contributed by atoms with Crippen LogP contribution in [0.4, 0.5) is 0 Å². The molecule has 2 unspecified atom stereocenters. The van der Waals surface area contributed by atoms with E-state index in [1.165, 1.54) is 38.5 Å². The standard InChI is InChI=1S/C14H26N2O/c1-11-6-7-13(9-15-11)10-16-14(17)8-12-4-2-3-5-12/h11-13,15H,2-10H2,1H3,(H,16,17). The lowest BCUT2D eigenvalue weighted by Gasteiger charge is -2.27. The largest absolute Gasteiger partial charge is 0.356 e. The van der Waals surface area contributed by atoms with E-state index in [1.54, 1.807) is 0 Å². The Morgan fingerprint density at radius 2 is 1.94 bits per heavy atom. The fraction of sp³-hybridized carbons (Fsp3) is 0.929. The molecular weight excluding hydrogens is 212 g/mol. The average Bonchev–Trinajstić information content (AvgIpc) is 2.81. The van der Waals surface area contributed by atoms with Crippen molar-refractivity contribution < 1.29 is 4.79 Å². The molecule has 98 valence electrons. The molecule has 0 aromatic carbocycles. The molecule has 1 saturated carbocycles. The minimum absolute atomic E-state index is 0.274. The van der Waals surface area contributed by atoms with Crippen LogP contribution >= 0.6 is 0 Å². The molecule has 3 heteroatoms. The molecule has 1 aliphatic carbocycles. The van der Waals surface area contributed by atoms with Gasteiger partial charge >= 0.3 is 0 Å². The first-order chi connectivity index (χ1) is 8.24. The molecule has 1 aliphatic heterocycles. The Morgan fingerprint density at radius 3 is 2.59 bits per heavy atom. The minimum atomic E-state index is 0.274. The van der Waals surface area contributed by atoms with Crippen LogP contribution in [0.2, 0.25) is 0 Å². The third kappa shape index (κ3) is 4.30. The van der Waals surface area contributed by atoms with Crippen LogP contribution in [0.1, 0.15) is 51.9 Å². The summed E-state index contributed by atoms with van der Waals surface area (Å²) in [7, 11) is 0. The Balaban J connectivity index is 1.59. The highest BCUT2D eigenvalue weighted by molar-refractivity contribution is 5.76. The predicted octanol–water partition coefficient (Wildman–Crippen LogP) is 2.07. The van der Waals surface area contributed by atoms with Crippen molar-refractivity contribution in [1.82, 2.24) is 10.6 Å². The van der Waals surface area contributed by atoms with Crippen LogP contribution in [-0.2, 0) is 4.79 Å². The summed E-state index contributed by atoms with van der Waals surface area (Å²) in [6.07, 6.45) is 8.41. The predicted molar refractivity (Wildman–Crippen MR) is 69.8 cm³/mol. The van der Waals surface area contributed by atoms with Crippen LogP contribution in [0, 0.1) is 11.8 Å². The van der Waals surface area contributed by atoms with E-state index in [2.05, 4.69) is 17.6 Å². The van der Waals surface area contributed by atoms with Crippen molar-refractivity contribution in [2.45, 2.75) is 57.9 Å². The molecule has 0 aromatic rings. The van der Waals surface area contributed by atoms with Gasteiger partial charge < -0.3 is 10.6 Å². The first kappa shape index (κ1) is 12.9. The average molecular weight is 238 g/mol.